The van der Waals surface area contributed by atoms with Gasteiger partial charge in [0.1, 0.15) is 6.10 Å². The maximum Gasteiger partial charge on any atom is 0.416 e. The third-order valence-electron chi connectivity index (χ3n) is 2.20. The molecule has 1 rings (SSSR count). The smallest absolute Gasteiger partial charge is 0.416 e. The van der Waals surface area contributed by atoms with E-state index in [1.807, 2.05) is 0 Å². The first-order chi connectivity index (χ1) is 7.24. The number of hydrogen-bond donors (Lipinski definition) is 2. The molecular weight excluding hydrogens is 229 g/mol. The average Bonchev–Trinajstić information content (AvgIpc) is 2.19. The molecule has 0 spiro atoms. The predicted molar refractivity (Wildman–Crippen MR) is 46.3 cm³/mol. The van der Waals surface area contributed by atoms with Crippen LogP contribution in [0.5, 0.6) is 0 Å². The molecule has 0 saturated heterocycles. The van der Waals surface area contributed by atoms with E-state index in [2.05, 4.69) is 4.74 Å². The molecular formula is C9H9F3O4. The molecule has 1 aliphatic carbocycles. The summed E-state index contributed by atoms with van der Waals surface area (Å²) in [7, 11) is 0.819. The number of halogens is 3. The molecule has 0 amide bonds. The second-order valence-corrected chi connectivity index (χ2v) is 3.17. The maximum absolute atomic E-state index is 12.5. The van der Waals surface area contributed by atoms with Crippen LogP contribution in [0, 0.1) is 0 Å². The van der Waals surface area contributed by atoms with Gasteiger partial charge in [-0.25, -0.2) is 4.79 Å². The third kappa shape index (κ3) is 1.83. The summed E-state index contributed by atoms with van der Waals surface area (Å²) < 4.78 is 41.6. The van der Waals surface area contributed by atoms with Crippen molar-refractivity contribution in [2.24, 2.45) is 0 Å². The predicted octanol–water partition coefficient (Wildman–Crippen LogP) is 0.310. The highest BCUT2D eigenvalue weighted by Gasteiger charge is 2.57. The highest BCUT2D eigenvalue weighted by Crippen LogP contribution is 2.39. The summed E-state index contributed by atoms with van der Waals surface area (Å²) in [4.78, 5) is 11.1. The molecule has 0 aliphatic heterocycles. The molecule has 4 nitrogen and oxygen atoms in total. The number of esters is 1. The van der Waals surface area contributed by atoms with E-state index >= 15 is 0 Å². The van der Waals surface area contributed by atoms with Crippen molar-refractivity contribution in [3.05, 3.63) is 23.8 Å². The first kappa shape index (κ1) is 12.7. The maximum atomic E-state index is 12.5. The Labute approximate surface area is 88.6 Å². The molecule has 2 atom stereocenters. The van der Waals surface area contributed by atoms with Crippen molar-refractivity contribution in [1.29, 1.82) is 0 Å². The van der Waals surface area contributed by atoms with Gasteiger partial charge in [0.05, 0.1) is 12.7 Å². The fourth-order valence-corrected chi connectivity index (χ4v) is 1.38. The van der Waals surface area contributed by atoms with Crippen LogP contribution in [0.25, 0.3) is 0 Å². The number of aliphatic hydroxyl groups is 2. The van der Waals surface area contributed by atoms with Gasteiger partial charge in [-0.3, -0.25) is 0 Å². The van der Waals surface area contributed by atoms with Gasteiger partial charge in [-0.15, -0.1) is 0 Å². The Kier molecular flexibility index (Phi) is 3.11. The van der Waals surface area contributed by atoms with Crippen molar-refractivity contribution in [1.82, 2.24) is 0 Å². The Morgan fingerprint density at radius 2 is 2.12 bits per heavy atom. The zero-order valence-electron chi connectivity index (χ0n) is 8.15. The molecule has 1 aliphatic rings. The lowest BCUT2D eigenvalue weighted by Gasteiger charge is -2.33. The fourth-order valence-electron chi connectivity index (χ4n) is 1.38. The third-order valence-corrected chi connectivity index (χ3v) is 2.20. The van der Waals surface area contributed by atoms with Crippen LogP contribution in [0.1, 0.15) is 0 Å². The van der Waals surface area contributed by atoms with E-state index in [1.54, 1.807) is 0 Å². The molecule has 16 heavy (non-hydrogen) atoms. The lowest BCUT2D eigenvalue weighted by molar-refractivity contribution is -0.180. The van der Waals surface area contributed by atoms with Gasteiger partial charge in [0.25, 0.3) is 0 Å². The summed E-state index contributed by atoms with van der Waals surface area (Å²) in [6.07, 6.45) is -4.64. The van der Waals surface area contributed by atoms with Crippen LogP contribution in [0.2, 0.25) is 0 Å². The van der Waals surface area contributed by atoms with Crippen LogP contribution >= 0.6 is 0 Å². The van der Waals surface area contributed by atoms with E-state index in [4.69, 9.17) is 0 Å². The molecule has 90 valence electrons. The lowest BCUT2D eigenvalue weighted by Crippen LogP contribution is -2.55. The number of carbonyl (C=O) groups excluding carboxylic acids is 1. The Balaban J connectivity index is 3.28. The van der Waals surface area contributed by atoms with Gasteiger partial charge in [-0.1, -0.05) is 18.2 Å². The Morgan fingerprint density at radius 1 is 1.56 bits per heavy atom. The van der Waals surface area contributed by atoms with E-state index in [0.717, 1.165) is 19.3 Å². The number of methoxy groups -OCH3 is 1. The monoisotopic (exact) mass is 238 g/mol. The van der Waals surface area contributed by atoms with Gasteiger partial charge in [-0.05, 0) is 0 Å². The van der Waals surface area contributed by atoms with Gasteiger partial charge >= 0.3 is 12.1 Å². The molecule has 0 saturated carbocycles. The first-order valence-electron chi connectivity index (χ1n) is 4.19. The van der Waals surface area contributed by atoms with E-state index in [-0.39, 0.29) is 0 Å². The second kappa shape index (κ2) is 3.91. The van der Waals surface area contributed by atoms with Crippen LogP contribution in [-0.4, -0.2) is 41.2 Å². The number of allylic oxidation sites excluding steroid dienone is 2. The van der Waals surface area contributed by atoms with Gasteiger partial charge in [0.15, 0.2) is 0 Å². The summed E-state index contributed by atoms with van der Waals surface area (Å²) in [6, 6.07) is 0. The number of alkyl halides is 3. The normalized spacial score (nSPS) is 29.9. The van der Waals surface area contributed by atoms with E-state index in [1.165, 1.54) is 0 Å². The van der Waals surface area contributed by atoms with E-state index < -0.39 is 29.4 Å². The molecule has 0 aromatic heterocycles. The van der Waals surface area contributed by atoms with Crippen LogP contribution in [-0.2, 0) is 9.53 Å². The first-order valence-corrected chi connectivity index (χ1v) is 4.19. The quantitative estimate of drug-likeness (QED) is 0.645. The molecule has 0 radical (unpaired) electrons. The van der Waals surface area contributed by atoms with Crippen molar-refractivity contribution < 1.29 is 32.9 Å². The number of rotatable bonds is 1. The minimum Gasteiger partial charge on any atom is -0.467 e. The largest absolute Gasteiger partial charge is 0.467 e. The summed E-state index contributed by atoms with van der Waals surface area (Å²) in [6.45, 7) is 0. The van der Waals surface area contributed by atoms with E-state index in [0.29, 0.717) is 6.08 Å². The highest BCUT2D eigenvalue weighted by atomic mass is 19.4. The standard InChI is InChI=1S/C9H9F3O4/c1-16-7(14)8(15)5(9(10,11)12)3-2-4-6(8)13/h2-4,6,13,15H,1H3/t6-,8-/m1/s1. The fraction of sp³-hybridized carbons (Fsp3) is 0.444. The summed E-state index contributed by atoms with van der Waals surface area (Å²) in [5, 5.41) is 18.9. The molecule has 0 bridgehead atoms. The average molecular weight is 238 g/mol. The minimum atomic E-state index is -4.94. The Bertz CT molecular complexity index is 358. The van der Waals surface area contributed by atoms with Crippen molar-refractivity contribution in [3.8, 4) is 0 Å². The Hall–Kier alpha value is -1.34. The van der Waals surface area contributed by atoms with Gasteiger partial charge in [-0.2, -0.15) is 13.2 Å². The lowest BCUT2D eigenvalue weighted by atomic mass is 9.83. The van der Waals surface area contributed by atoms with E-state index in [9.17, 15) is 28.2 Å². The van der Waals surface area contributed by atoms with Crippen molar-refractivity contribution in [2.75, 3.05) is 7.11 Å². The topological polar surface area (TPSA) is 66.8 Å². The number of carbonyl (C=O) groups is 1. The van der Waals surface area contributed by atoms with Gasteiger partial charge < -0.3 is 14.9 Å². The van der Waals surface area contributed by atoms with Gasteiger partial charge in [0.2, 0.25) is 5.60 Å². The molecule has 0 heterocycles. The van der Waals surface area contributed by atoms with Crippen LogP contribution < -0.4 is 0 Å². The number of ether oxygens (including phenoxy) is 1. The summed E-state index contributed by atoms with van der Waals surface area (Å²) >= 11 is 0. The number of hydrogen-bond acceptors (Lipinski definition) is 4. The van der Waals surface area contributed by atoms with Crippen LogP contribution in [0.4, 0.5) is 13.2 Å². The van der Waals surface area contributed by atoms with Crippen LogP contribution in [0.3, 0.4) is 0 Å². The molecule has 7 heteroatoms. The Morgan fingerprint density at radius 3 is 2.56 bits per heavy atom. The molecule has 0 aromatic carbocycles. The second-order valence-electron chi connectivity index (χ2n) is 3.17. The molecule has 0 fully saturated rings. The van der Waals surface area contributed by atoms with Crippen LogP contribution in [0.15, 0.2) is 23.8 Å². The summed E-state index contributed by atoms with van der Waals surface area (Å²) in [5.74, 6) is -1.56. The highest BCUT2D eigenvalue weighted by molar-refractivity contribution is 5.85. The van der Waals surface area contributed by atoms with Gasteiger partial charge in [0, 0.05) is 0 Å². The molecule has 0 unspecified atom stereocenters. The zero-order valence-corrected chi connectivity index (χ0v) is 8.15. The summed E-state index contributed by atoms with van der Waals surface area (Å²) in [5.41, 5.74) is -4.66. The minimum absolute atomic E-state index is 0.518. The zero-order chi connectivity index (χ0) is 12.6. The SMILES string of the molecule is COC(=O)[C@@]1(O)C(C(F)(F)F)=CC=C[C@H]1O. The van der Waals surface area contributed by atoms with Crippen molar-refractivity contribution >= 4 is 5.97 Å². The van der Waals surface area contributed by atoms with Crippen molar-refractivity contribution in [3.63, 3.8) is 0 Å². The molecule has 0 aromatic rings. The number of aliphatic hydroxyl groups excluding tert-OH is 1. The molecule has 2 N–H and O–H groups in total. The van der Waals surface area contributed by atoms with Crippen molar-refractivity contribution in [2.45, 2.75) is 17.9 Å².